The van der Waals surface area contributed by atoms with Crippen LogP contribution in [0.4, 0.5) is 5.82 Å². The lowest BCUT2D eigenvalue weighted by Gasteiger charge is -2.07. The lowest BCUT2D eigenvalue weighted by Crippen LogP contribution is -2.06. The fraction of sp³-hybridized carbons (Fsp3) is 0.214. The summed E-state index contributed by atoms with van der Waals surface area (Å²) in [5.41, 5.74) is 7.76. The van der Waals surface area contributed by atoms with E-state index in [1.54, 1.807) is 10.9 Å². The quantitative estimate of drug-likeness (QED) is 0.784. The average Bonchev–Trinajstić information content (AvgIpc) is 2.79. The molecule has 1 aromatic carbocycles. The molecule has 6 heteroatoms. The first-order chi connectivity index (χ1) is 9.63. The summed E-state index contributed by atoms with van der Waals surface area (Å²) >= 11 is 0. The van der Waals surface area contributed by atoms with Crippen molar-refractivity contribution in [1.29, 1.82) is 0 Å². The molecule has 0 atom stereocenters. The van der Waals surface area contributed by atoms with Crippen molar-refractivity contribution in [3.05, 3.63) is 41.9 Å². The Labute approximate surface area is 116 Å². The minimum Gasteiger partial charge on any atom is -0.486 e. The first kappa shape index (κ1) is 12.4. The highest BCUT2D eigenvalue weighted by Gasteiger charge is 2.09. The number of nitrogens with zero attached hydrogens (tertiary/aromatic N) is 4. The van der Waals surface area contributed by atoms with Gasteiger partial charge in [0, 0.05) is 7.05 Å². The fourth-order valence-electron chi connectivity index (χ4n) is 2.01. The van der Waals surface area contributed by atoms with Gasteiger partial charge < -0.3 is 10.5 Å². The molecular formula is C14H15N5O. The highest BCUT2D eigenvalue weighted by molar-refractivity contribution is 5.84. The van der Waals surface area contributed by atoms with Gasteiger partial charge in [0.2, 0.25) is 0 Å². The van der Waals surface area contributed by atoms with E-state index >= 15 is 0 Å². The summed E-state index contributed by atoms with van der Waals surface area (Å²) < 4.78 is 7.35. The monoisotopic (exact) mass is 269 g/mol. The molecule has 0 spiro atoms. The number of hydrogen-bond acceptors (Lipinski definition) is 5. The van der Waals surface area contributed by atoms with Gasteiger partial charge in [-0.2, -0.15) is 5.10 Å². The lowest BCUT2D eigenvalue weighted by molar-refractivity contribution is 0.296. The van der Waals surface area contributed by atoms with Crippen LogP contribution in [-0.2, 0) is 13.7 Å². The van der Waals surface area contributed by atoms with Gasteiger partial charge in [-0.05, 0) is 24.6 Å². The Kier molecular flexibility index (Phi) is 2.98. The van der Waals surface area contributed by atoms with Crippen molar-refractivity contribution < 1.29 is 4.74 Å². The molecule has 102 valence electrons. The maximum Gasteiger partial charge on any atom is 0.170 e. The van der Waals surface area contributed by atoms with Gasteiger partial charge >= 0.3 is 0 Å². The second-order valence-corrected chi connectivity index (χ2v) is 4.64. The van der Waals surface area contributed by atoms with Gasteiger partial charge in [-0.1, -0.05) is 12.1 Å². The van der Waals surface area contributed by atoms with Crippen molar-refractivity contribution in [3.8, 4) is 5.75 Å². The van der Waals surface area contributed by atoms with Crippen LogP contribution in [0.15, 0.2) is 30.5 Å². The number of aryl methyl sites for hydroxylation is 2. The number of rotatable bonds is 3. The maximum atomic E-state index is 5.90. The Hall–Kier alpha value is -2.63. The Morgan fingerprint density at radius 2 is 2.15 bits per heavy atom. The lowest BCUT2D eigenvalue weighted by atomic mass is 10.2. The molecule has 0 amide bonds. The van der Waals surface area contributed by atoms with Gasteiger partial charge in [0.15, 0.2) is 11.5 Å². The highest BCUT2D eigenvalue weighted by atomic mass is 16.5. The first-order valence-corrected chi connectivity index (χ1v) is 6.27. The van der Waals surface area contributed by atoms with E-state index in [0.717, 1.165) is 16.7 Å². The number of nitrogen functional groups attached to an aromatic ring is 1. The summed E-state index contributed by atoms with van der Waals surface area (Å²) in [6.07, 6.45) is 1.66. The molecule has 2 N–H and O–H groups in total. The molecule has 20 heavy (non-hydrogen) atoms. The van der Waals surface area contributed by atoms with Crippen molar-refractivity contribution >= 4 is 16.9 Å². The second kappa shape index (κ2) is 4.80. The normalized spacial score (nSPS) is 10.9. The molecule has 3 rings (SSSR count). The molecule has 0 unspecified atom stereocenters. The molecule has 0 saturated heterocycles. The van der Waals surface area contributed by atoms with Crippen LogP contribution in [0.5, 0.6) is 5.75 Å². The molecule has 2 aromatic heterocycles. The van der Waals surface area contributed by atoms with E-state index in [0.29, 0.717) is 17.3 Å². The van der Waals surface area contributed by atoms with Crippen LogP contribution in [0.25, 0.3) is 11.0 Å². The summed E-state index contributed by atoms with van der Waals surface area (Å²) in [5, 5.41) is 4.88. The van der Waals surface area contributed by atoms with E-state index in [9.17, 15) is 0 Å². The number of aromatic nitrogens is 4. The molecule has 3 aromatic rings. The van der Waals surface area contributed by atoms with Gasteiger partial charge in [0.25, 0.3) is 0 Å². The number of anilines is 1. The molecule has 0 aliphatic carbocycles. The summed E-state index contributed by atoms with van der Waals surface area (Å²) in [6, 6.07) is 7.83. The Morgan fingerprint density at radius 3 is 2.95 bits per heavy atom. The van der Waals surface area contributed by atoms with Gasteiger partial charge in [0.05, 0.1) is 11.6 Å². The van der Waals surface area contributed by atoms with E-state index in [2.05, 4.69) is 15.1 Å². The SMILES string of the molecule is Cc1cccc(OCc2nc(N)c3cnn(C)c3n2)c1. The average molecular weight is 269 g/mol. The van der Waals surface area contributed by atoms with Crippen LogP contribution >= 0.6 is 0 Å². The van der Waals surface area contributed by atoms with Crippen molar-refractivity contribution in [2.45, 2.75) is 13.5 Å². The molecule has 0 aliphatic heterocycles. The van der Waals surface area contributed by atoms with Crippen LogP contribution in [0.3, 0.4) is 0 Å². The van der Waals surface area contributed by atoms with Gasteiger partial charge in [-0.25, -0.2) is 9.97 Å². The van der Waals surface area contributed by atoms with Gasteiger partial charge in [0.1, 0.15) is 18.2 Å². The number of fused-ring (bicyclic) bond motifs is 1. The molecule has 0 bridgehead atoms. The Bertz CT molecular complexity index is 765. The number of benzene rings is 1. The zero-order valence-corrected chi connectivity index (χ0v) is 11.4. The van der Waals surface area contributed by atoms with Gasteiger partial charge in [-0.3, -0.25) is 4.68 Å². The summed E-state index contributed by atoms with van der Waals surface area (Å²) in [4.78, 5) is 8.66. The Balaban J connectivity index is 1.86. The molecule has 2 heterocycles. The molecule has 0 fully saturated rings. The zero-order chi connectivity index (χ0) is 14.1. The first-order valence-electron chi connectivity index (χ1n) is 6.27. The van der Waals surface area contributed by atoms with E-state index in [4.69, 9.17) is 10.5 Å². The topological polar surface area (TPSA) is 78.9 Å². The Morgan fingerprint density at radius 1 is 1.30 bits per heavy atom. The van der Waals surface area contributed by atoms with E-state index in [-0.39, 0.29) is 6.61 Å². The summed E-state index contributed by atoms with van der Waals surface area (Å²) in [5.74, 6) is 1.75. The molecule has 0 saturated carbocycles. The largest absolute Gasteiger partial charge is 0.486 e. The van der Waals surface area contributed by atoms with Crippen LogP contribution in [0.1, 0.15) is 11.4 Å². The van der Waals surface area contributed by atoms with Crippen LogP contribution in [0.2, 0.25) is 0 Å². The fourth-order valence-corrected chi connectivity index (χ4v) is 2.01. The van der Waals surface area contributed by atoms with Crippen LogP contribution in [-0.4, -0.2) is 19.7 Å². The summed E-state index contributed by atoms with van der Waals surface area (Å²) in [7, 11) is 1.82. The predicted octanol–water partition coefficient (Wildman–Crippen LogP) is 1.83. The number of ether oxygens (including phenoxy) is 1. The van der Waals surface area contributed by atoms with Crippen molar-refractivity contribution in [1.82, 2.24) is 19.7 Å². The summed E-state index contributed by atoms with van der Waals surface area (Å²) in [6.45, 7) is 2.29. The van der Waals surface area contributed by atoms with Crippen LogP contribution < -0.4 is 10.5 Å². The van der Waals surface area contributed by atoms with E-state index in [1.165, 1.54) is 0 Å². The molecule has 0 aliphatic rings. The molecule has 6 nitrogen and oxygen atoms in total. The highest BCUT2D eigenvalue weighted by Crippen LogP contribution is 2.18. The molecule has 0 radical (unpaired) electrons. The van der Waals surface area contributed by atoms with Gasteiger partial charge in [-0.15, -0.1) is 0 Å². The third-order valence-corrected chi connectivity index (χ3v) is 3.03. The minimum atomic E-state index is 0.273. The van der Waals surface area contributed by atoms with Crippen molar-refractivity contribution in [2.24, 2.45) is 7.05 Å². The van der Waals surface area contributed by atoms with E-state index in [1.807, 2.05) is 38.2 Å². The van der Waals surface area contributed by atoms with Crippen LogP contribution in [0, 0.1) is 6.92 Å². The maximum absolute atomic E-state index is 5.90. The van der Waals surface area contributed by atoms with Crippen molar-refractivity contribution in [3.63, 3.8) is 0 Å². The standard InChI is InChI=1S/C14H15N5O/c1-9-4-3-5-10(6-9)20-8-12-17-13(15)11-7-16-19(2)14(11)18-12/h3-7H,8H2,1-2H3,(H2,15,17,18). The zero-order valence-electron chi connectivity index (χ0n) is 11.4. The number of hydrogen-bond donors (Lipinski definition) is 1. The smallest absolute Gasteiger partial charge is 0.170 e. The second-order valence-electron chi connectivity index (χ2n) is 4.64. The predicted molar refractivity (Wildman–Crippen MR) is 76.2 cm³/mol. The third kappa shape index (κ3) is 2.27. The minimum absolute atomic E-state index is 0.273. The molecular weight excluding hydrogens is 254 g/mol. The number of nitrogens with two attached hydrogens (primary N) is 1. The van der Waals surface area contributed by atoms with E-state index < -0.39 is 0 Å². The third-order valence-electron chi connectivity index (χ3n) is 3.03. The van der Waals surface area contributed by atoms with Crippen molar-refractivity contribution in [2.75, 3.05) is 5.73 Å².